The quantitative estimate of drug-likeness (QED) is 0.402. The molecule has 0 saturated carbocycles. The fourth-order valence-electron chi connectivity index (χ4n) is 2.51. The number of benzene rings is 1. The lowest BCUT2D eigenvalue weighted by atomic mass is 10.1. The summed E-state index contributed by atoms with van der Waals surface area (Å²) in [6, 6.07) is 9.57. The molecular weight excluding hydrogens is 394 g/mol. The Morgan fingerprint density at radius 1 is 1.10 bits per heavy atom. The van der Waals surface area contributed by atoms with E-state index in [-0.39, 0.29) is 18.4 Å². The minimum atomic E-state index is -2.88. The van der Waals surface area contributed by atoms with Gasteiger partial charge in [-0.3, -0.25) is 0 Å². The van der Waals surface area contributed by atoms with Crippen molar-refractivity contribution in [3.8, 4) is 11.6 Å². The number of pyridine rings is 1. The number of nitrogens with zero attached hydrogens (tertiary/aromatic N) is 2. The number of halogens is 2. The molecular formula is C21H28F2N4O3. The summed E-state index contributed by atoms with van der Waals surface area (Å²) >= 11 is 0. The molecule has 9 heteroatoms. The lowest BCUT2D eigenvalue weighted by Crippen LogP contribution is -2.39. The van der Waals surface area contributed by atoms with E-state index in [4.69, 9.17) is 4.74 Å². The largest absolute Gasteiger partial charge is 0.475 e. The smallest absolute Gasteiger partial charge is 0.387 e. The standard InChI is InChI=1S/C21H28F2N4O3/c1-4-24-21(26-12-15-5-10-19(25-11-15)29-14(2)3)27-13-18(28)16-6-8-17(9-7-16)30-20(22)23/h5-11,14,18,20,28H,4,12-13H2,1-3H3,(H2,24,26,27). The third-order valence-electron chi connectivity index (χ3n) is 3.87. The third-order valence-corrected chi connectivity index (χ3v) is 3.87. The van der Waals surface area contributed by atoms with Crippen LogP contribution < -0.4 is 20.1 Å². The fourth-order valence-corrected chi connectivity index (χ4v) is 2.51. The van der Waals surface area contributed by atoms with Crippen LogP contribution in [0.2, 0.25) is 0 Å². The predicted molar refractivity (Wildman–Crippen MR) is 111 cm³/mol. The van der Waals surface area contributed by atoms with E-state index in [0.29, 0.717) is 30.5 Å². The van der Waals surface area contributed by atoms with Gasteiger partial charge in [0.1, 0.15) is 5.75 Å². The molecule has 1 atom stereocenters. The van der Waals surface area contributed by atoms with Crippen molar-refractivity contribution in [2.45, 2.75) is 46.1 Å². The lowest BCUT2D eigenvalue weighted by Gasteiger charge is -2.16. The van der Waals surface area contributed by atoms with Gasteiger partial charge in [0.2, 0.25) is 5.88 Å². The van der Waals surface area contributed by atoms with Gasteiger partial charge in [-0.15, -0.1) is 0 Å². The number of rotatable bonds is 10. The number of ether oxygens (including phenoxy) is 2. The maximum Gasteiger partial charge on any atom is 0.387 e. The number of hydrogen-bond donors (Lipinski definition) is 3. The van der Waals surface area contributed by atoms with Gasteiger partial charge in [-0.05, 0) is 44.0 Å². The van der Waals surface area contributed by atoms with Crippen LogP contribution in [0.3, 0.4) is 0 Å². The highest BCUT2D eigenvalue weighted by Crippen LogP contribution is 2.19. The van der Waals surface area contributed by atoms with Crippen LogP contribution in [0.25, 0.3) is 0 Å². The molecule has 1 unspecified atom stereocenters. The predicted octanol–water partition coefficient (Wildman–Crippen LogP) is 3.26. The molecule has 1 aromatic carbocycles. The van der Waals surface area contributed by atoms with Crippen LogP contribution in [-0.4, -0.2) is 41.9 Å². The second kappa shape index (κ2) is 11.9. The Morgan fingerprint density at radius 2 is 1.83 bits per heavy atom. The van der Waals surface area contributed by atoms with Crippen LogP contribution in [0.5, 0.6) is 11.6 Å². The average Bonchev–Trinajstić information content (AvgIpc) is 2.70. The van der Waals surface area contributed by atoms with Gasteiger partial charge >= 0.3 is 6.61 Å². The van der Waals surface area contributed by atoms with Gasteiger partial charge in [0.05, 0.1) is 18.8 Å². The molecule has 2 rings (SSSR count). The Morgan fingerprint density at radius 3 is 2.40 bits per heavy atom. The van der Waals surface area contributed by atoms with Crippen molar-refractivity contribution in [3.63, 3.8) is 0 Å². The molecule has 0 spiro atoms. The first kappa shape index (κ1) is 23.3. The molecule has 0 amide bonds. The number of hydrogen-bond acceptors (Lipinski definition) is 5. The molecule has 0 radical (unpaired) electrons. The minimum Gasteiger partial charge on any atom is -0.475 e. The molecule has 0 aliphatic carbocycles. The first-order valence-corrected chi connectivity index (χ1v) is 9.74. The number of guanidine groups is 1. The summed E-state index contributed by atoms with van der Waals surface area (Å²) in [4.78, 5) is 8.74. The summed E-state index contributed by atoms with van der Waals surface area (Å²) in [5.41, 5.74) is 1.49. The summed E-state index contributed by atoms with van der Waals surface area (Å²) in [6.45, 7) is 4.19. The Bertz CT molecular complexity index is 784. The van der Waals surface area contributed by atoms with Crippen LogP contribution in [0.1, 0.15) is 38.0 Å². The van der Waals surface area contributed by atoms with Crippen molar-refractivity contribution >= 4 is 5.96 Å². The van der Waals surface area contributed by atoms with Crippen molar-refractivity contribution in [3.05, 3.63) is 53.7 Å². The number of aliphatic hydroxyl groups is 1. The Hall–Kier alpha value is -2.94. The second-order valence-corrected chi connectivity index (χ2v) is 6.71. The Labute approximate surface area is 175 Å². The molecule has 0 bridgehead atoms. The highest BCUT2D eigenvalue weighted by molar-refractivity contribution is 5.79. The van der Waals surface area contributed by atoms with E-state index in [1.807, 2.05) is 26.8 Å². The molecule has 0 aliphatic heterocycles. The molecule has 0 saturated heterocycles. The van der Waals surface area contributed by atoms with E-state index >= 15 is 0 Å². The normalized spacial score (nSPS) is 12.7. The van der Waals surface area contributed by atoms with E-state index < -0.39 is 12.7 Å². The van der Waals surface area contributed by atoms with Gasteiger partial charge in [0, 0.05) is 25.4 Å². The monoisotopic (exact) mass is 422 g/mol. The Balaban J connectivity index is 1.91. The fraction of sp³-hybridized carbons (Fsp3) is 0.429. The SMILES string of the molecule is CCNC(=NCc1ccc(OC(C)C)nc1)NCC(O)c1ccc(OC(F)F)cc1. The van der Waals surface area contributed by atoms with Gasteiger partial charge in [-0.1, -0.05) is 18.2 Å². The van der Waals surface area contributed by atoms with Crippen molar-refractivity contribution in [2.75, 3.05) is 13.1 Å². The van der Waals surface area contributed by atoms with Crippen LogP contribution in [0.4, 0.5) is 8.78 Å². The van der Waals surface area contributed by atoms with Crippen molar-refractivity contribution in [1.29, 1.82) is 0 Å². The maximum absolute atomic E-state index is 12.2. The van der Waals surface area contributed by atoms with Gasteiger partial charge in [0.15, 0.2) is 5.96 Å². The van der Waals surface area contributed by atoms with Crippen LogP contribution in [-0.2, 0) is 6.54 Å². The Kier molecular flexibility index (Phi) is 9.27. The molecule has 30 heavy (non-hydrogen) atoms. The van der Waals surface area contributed by atoms with Crippen LogP contribution in [0.15, 0.2) is 47.6 Å². The molecule has 0 fully saturated rings. The first-order valence-electron chi connectivity index (χ1n) is 9.74. The number of aliphatic hydroxyl groups excluding tert-OH is 1. The van der Waals surface area contributed by atoms with Crippen molar-refractivity contribution < 1.29 is 23.4 Å². The van der Waals surface area contributed by atoms with Gasteiger partial charge in [-0.2, -0.15) is 8.78 Å². The van der Waals surface area contributed by atoms with Gasteiger partial charge < -0.3 is 25.2 Å². The van der Waals surface area contributed by atoms with E-state index in [2.05, 4.69) is 25.3 Å². The molecule has 1 aromatic heterocycles. The van der Waals surface area contributed by atoms with Gasteiger partial charge in [-0.25, -0.2) is 9.98 Å². The summed E-state index contributed by atoms with van der Waals surface area (Å²) in [5, 5.41) is 16.5. The molecule has 1 heterocycles. The summed E-state index contributed by atoms with van der Waals surface area (Å²) < 4.78 is 34.3. The zero-order chi connectivity index (χ0) is 21.9. The lowest BCUT2D eigenvalue weighted by molar-refractivity contribution is -0.0498. The van der Waals surface area contributed by atoms with E-state index in [1.54, 1.807) is 24.4 Å². The molecule has 7 nitrogen and oxygen atoms in total. The highest BCUT2D eigenvalue weighted by atomic mass is 19.3. The minimum absolute atomic E-state index is 0.0437. The number of aliphatic imine (C=N–C) groups is 1. The summed E-state index contributed by atoms with van der Waals surface area (Å²) in [5.74, 6) is 1.15. The number of aromatic nitrogens is 1. The topological polar surface area (TPSA) is 88.0 Å². The maximum atomic E-state index is 12.2. The molecule has 2 aromatic rings. The van der Waals surface area contributed by atoms with Crippen LogP contribution >= 0.6 is 0 Å². The molecule has 0 aliphatic rings. The van der Waals surface area contributed by atoms with E-state index in [9.17, 15) is 13.9 Å². The average molecular weight is 422 g/mol. The summed E-state index contributed by atoms with van der Waals surface area (Å²) in [6.07, 6.45) is 0.928. The van der Waals surface area contributed by atoms with Crippen molar-refractivity contribution in [1.82, 2.24) is 15.6 Å². The van der Waals surface area contributed by atoms with E-state index in [1.165, 1.54) is 12.1 Å². The van der Waals surface area contributed by atoms with Crippen molar-refractivity contribution in [2.24, 2.45) is 4.99 Å². The molecule has 164 valence electrons. The zero-order valence-electron chi connectivity index (χ0n) is 17.3. The van der Waals surface area contributed by atoms with E-state index in [0.717, 1.165) is 5.56 Å². The zero-order valence-corrected chi connectivity index (χ0v) is 17.3. The third kappa shape index (κ3) is 8.20. The summed E-state index contributed by atoms with van der Waals surface area (Å²) in [7, 11) is 0. The number of alkyl halides is 2. The first-order chi connectivity index (χ1) is 14.4. The second-order valence-electron chi connectivity index (χ2n) is 6.71. The molecule has 3 N–H and O–H groups in total. The number of nitrogens with one attached hydrogen (secondary N) is 2. The van der Waals surface area contributed by atoms with Crippen LogP contribution in [0, 0.1) is 0 Å². The van der Waals surface area contributed by atoms with Gasteiger partial charge in [0.25, 0.3) is 0 Å². The highest BCUT2D eigenvalue weighted by Gasteiger charge is 2.10.